The normalized spacial score (nSPS) is 10.9. The van der Waals surface area contributed by atoms with Crippen LogP contribution in [0.1, 0.15) is 13.8 Å². The average Bonchev–Trinajstić information content (AvgIpc) is 2.18. The van der Waals surface area contributed by atoms with Gasteiger partial charge in [0.15, 0.2) is 0 Å². The summed E-state index contributed by atoms with van der Waals surface area (Å²) < 4.78 is 26.8. The molecule has 0 rings (SSSR count). The van der Waals surface area contributed by atoms with E-state index in [9.17, 15) is 4.57 Å². The second-order valence-corrected chi connectivity index (χ2v) is 4.43. The maximum atomic E-state index is 11.8. The summed E-state index contributed by atoms with van der Waals surface area (Å²) in [4.78, 5) is 0. The lowest BCUT2D eigenvalue weighted by molar-refractivity contribution is 0.152. The van der Waals surface area contributed by atoms with Crippen molar-refractivity contribution >= 4 is 7.60 Å². The fourth-order valence-corrected chi connectivity index (χ4v) is 2.15. The van der Waals surface area contributed by atoms with Crippen molar-refractivity contribution in [2.75, 3.05) is 32.8 Å². The molecule has 0 unspecified atom stereocenters. The molecular formula is C9H17O5P. The number of rotatable bonds is 7. The third-order valence-corrected chi connectivity index (χ3v) is 3.08. The van der Waals surface area contributed by atoms with Crippen LogP contribution in [-0.4, -0.2) is 37.9 Å². The quantitative estimate of drug-likeness (QED) is 0.409. The number of hydrogen-bond acceptors (Lipinski definition) is 5. The molecule has 5 nitrogen and oxygen atoms in total. The van der Waals surface area contributed by atoms with Crippen molar-refractivity contribution in [3.8, 4) is 11.8 Å². The molecule has 0 spiro atoms. The topological polar surface area (TPSA) is 65.0 Å². The Morgan fingerprint density at radius 3 is 2.27 bits per heavy atom. The van der Waals surface area contributed by atoms with E-state index in [1.807, 2.05) is 0 Å². The van der Waals surface area contributed by atoms with Gasteiger partial charge in [-0.15, -0.1) is 0 Å². The summed E-state index contributed by atoms with van der Waals surface area (Å²) in [7, 11) is -3.12. The highest BCUT2D eigenvalue weighted by Crippen LogP contribution is 2.47. The molecule has 0 atom stereocenters. The van der Waals surface area contributed by atoms with E-state index in [1.165, 1.54) is 0 Å². The van der Waals surface area contributed by atoms with E-state index in [0.29, 0.717) is 13.2 Å². The number of hydrogen-bond donors (Lipinski definition) is 1. The third kappa shape index (κ3) is 7.55. The summed E-state index contributed by atoms with van der Waals surface area (Å²) in [5.74, 6) is 4.95. The number of aliphatic hydroxyl groups excluding tert-OH is 1. The molecule has 0 amide bonds. The maximum Gasteiger partial charge on any atom is 0.356 e. The Morgan fingerprint density at radius 1 is 1.20 bits per heavy atom. The summed E-state index contributed by atoms with van der Waals surface area (Å²) >= 11 is 0. The van der Waals surface area contributed by atoms with Crippen LogP contribution in [0.3, 0.4) is 0 Å². The van der Waals surface area contributed by atoms with Gasteiger partial charge in [0.05, 0.1) is 13.2 Å². The predicted molar refractivity (Wildman–Crippen MR) is 56.5 cm³/mol. The van der Waals surface area contributed by atoms with Crippen LogP contribution in [-0.2, 0) is 18.3 Å². The minimum Gasteiger partial charge on any atom is -0.384 e. The smallest absolute Gasteiger partial charge is 0.356 e. The Morgan fingerprint density at radius 2 is 1.80 bits per heavy atom. The second-order valence-electron chi connectivity index (χ2n) is 2.44. The largest absolute Gasteiger partial charge is 0.384 e. The van der Waals surface area contributed by atoms with Gasteiger partial charge < -0.3 is 18.9 Å². The SMILES string of the molecule is CCOP(=O)(COCC#CCO)OCC. The highest BCUT2D eigenvalue weighted by molar-refractivity contribution is 7.53. The molecule has 0 aliphatic rings. The molecule has 0 aliphatic carbocycles. The van der Waals surface area contributed by atoms with Crippen molar-refractivity contribution in [2.45, 2.75) is 13.8 Å². The van der Waals surface area contributed by atoms with E-state index in [-0.39, 0.29) is 19.6 Å². The van der Waals surface area contributed by atoms with Crippen LogP contribution >= 0.6 is 7.60 Å². The molecule has 0 saturated heterocycles. The van der Waals surface area contributed by atoms with Gasteiger partial charge in [-0.25, -0.2) is 0 Å². The number of ether oxygens (including phenoxy) is 1. The van der Waals surface area contributed by atoms with Gasteiger partial charge in [-0.2, -0.15) is 0 Å². The Labute approximate surface area is 90.3 Å². The van der Waals surface area contributed by atoms with Gasteiger partial charge in [0.25, 0.3) is 0 Å². The lowest BCUT2D eigenvalue weighted by Crippen LogP contribution is -2.03. The van der Waals surface area contributed by atoms with E-state index in [2.05, 4.69) is 11.8 Å². The molecule has 0 heterocycles. The Balaban J connectivity index is 3.90. The van der Waals surface area contributed by atoms with Gasteiger partial charge in [0.2, 0.25) is 0 Å². The van der Waals surface area contributed by atoms with E-state index < -0.39 is 7.60 Å². The minimum atomic E-state index is -3.12. The molecule has 0 aromatic heterocycles. The lowest BCUT2D eigenvalue weighted by atomic mass is 10.6. The standard InChI is InChI=1S/C9H17O5P/c1-3-13-15(11,14-4-2)9-12-8-6-5-7-10/h10H,3-4,7-9H2,1-2H3. The van der Waals surface area contributed by atoms with Crippen molar-refractivity contribution in [3.63, 3.8) is 0 Å². The third-order valence-electron chi connectivity index (χ3n) is 1.28. The van der Waals surface area contributed by atoms with Crippen molar-refractivity contribution in [1.29, 1.82) is 0 Å². The Hall–Kier alpha value is -0.370. The molecule has 0 saturated carbocycles. The fraction of sp³-hybridized carbons (Fsp3) is 0.778. The Kier molecular flexibility index (Phi) is 8.68. The zero-order valence-electron chi connectivity index (χ0n) is 9.06. The molecule has 88 valence electrons. The van der Waals surface area contributed by atoms with Gasteiger partial charge in [-0.3, -0.25) is 4.57 Å². The summed E-state index contributed by atoms with van der Waals surface area (Å²) in [6.07, 6.45) is -0.116. The molecule has 0 radical (unpaired) electrons. The molecule has 0 aromatic rings. The van der Waals surface area contributed by atoms with Gasteiger partial charge in [0, 0.05) is 0 Å². The first kappa shape index (κ1) is 14.6. The molecule has 0 aromatic carbocycles. The summed E-state index contributed by atoms with van der Waals surface area (Å²) in [5, 5.41) is 8.36. The summed E-state index contributed by atoms with van der Waals surface area (Å²) in [6.45, 7) is 3.98. The zero-order valence-corrected chi connectivity index (χ0v) is 9.96. The number of aliphatic hydroxyl groups is 1. The van der Waals surface area contributed by atoms with Crippen molar-refractivity contribution < 1.29 is 23.5 Å². The fourth-order valence-electron chi connectivity index (χ4n) is 0.821. The molecule has 0 bridgehead atoms. The predicted octanol–water partition coefficient (Wildman–Crippen LogP) is 1.22. The van der Waals surface area contributed by atoms with E-state index in [1.54, 1.807) is 13.8 Å². The van der Waals surface area contributed by atoms with Crippen LogP contribution in [0.2, 0.25) is 0 Å². The lowest BCUT2D eigenvalue weighted by Gasteiger charge is -2.15. The molecule has 0 fully saturated rings. The monoisotopic (exact) mass is 236 g/mol. The first-order valence-electron chi connectivity index (χ1n) is 4.71. The average molecular weight is 236 g/mol. The van der Waals surface area contributed by atoms with E-state index >= 15 is 0 Å². The molecule has 15 heavy (non-hydrogen) atoms. The van der Waals surface area contributed by atoms with Gasteiger partial charge in [-0.05, 0) is 13.8 Å². The first-order chi connectivity index (χ1) is 7.18. The van der Waals surface area contributed by atoms with Crippen LogP contribution in [0.4, 0.5) is 0 Å². The highest BCUT2D eigenvalue weighted by atomic mass is 31.2. The van der Waals surface area contributed by atoms with Crippen LogP contribution in [0.5, 0.6) is 0 Å². The highest BCUT2D eigenvalue weighted by Gasteiger charge is 2.23. The van der Waals surface area contributed by atoms with Crippen molar-refractivity contribution in [3.05, 3.63) is 0 Å². The maximum absolute atomic E-state index is 11.8. The van der Waals surface area contributed by atoms with Crippen molar-refractivity contribution in [1.82, 2.24) is 0 Å². The van der Waals surface area contributed by atoms with Crippen molar-refractivity contribution in [2.24, 2.45) is 0 Å². The second kappa shape index (κ2) is 8.90. The van der Waals surface area contributed by atoms with Crippen LogP contribution in [0.25, 0.3) is 0 Å². The van der Waals surface area contributed by atoms with Gasteiger partial charge in [0.1, 0.15) is 19.6 Å². The summed E-state index contributed by atoms with van der Waals surface area (Å²) in [5.41, 5.74) is 0. The Bertz CT molecular complexity index is 245. The van der Waals surface area contributed by atoms with Crippen LogP contribution < -0.4 is 0 Å². The first-order valence-corrected chi connectivity index (χ1v) is 6.43. The van der Waals surface area contributed by atoms with Gasteiger partial charge in [-0.1, -0.05) is 11.8 Å². The van der Waals surface area contributed by atoms with Gasteiger partial charge >= 0.3 is 7.60 Å². The molecule has 0 aliphatic heterocycles. The van der Waals surface area contributed by atoms with Crippen LogP contribution in [0.15, 0.2) is 0 Å². The van der Waals surface area contributed by atoms with Crippen LogP contribution in [0, 0.1) is 11.8 Å². The minimum absolute atomic E-state index is 0.102. The van der Waals surface area contributed by atoms with E-state index in [0.717, 1.165) is 0 Å². The molecular weight excluding hydrogens is 219 g/mol. The molecule has 6 heteroatoms. The zero-order chi connectivity index (χ0) is 11.6. The van der Waals surface area contributed by atoms with E-state index in [4.69, 9.17) is 18.9 Å². The summed E-state index contributed by atoms with van der Waals surface area (Å²) in [6, 6.07) is 0. The molecule has 1 N–H and O–H groups in total.